The molecule has 0 saturated heterocycles. The van der Waals surface area contributed by atoms with E-state index in [1.807, 2.05) is 25.1 Å². The van der Waals surface area contributed by atoms with Gasteiger partial charge in [0.15, 0.2) is 5.96 Å². The topological polar surface area (TPSA) is 42.9 Å². The standard InChI is InChI=1S/C21H38FN5/c1-8-23-21(24-11-12-27(16(2)3)17(4)5)25-14-18-9-10-20(22)19(13-18)15-26(6)7/h9-10,13,16-17H,8,11-12,14-15H2,1-7H3,(H2,23,24,25). The number of nitrogens with one attached hydrogen (secondary N) is 2. The lowest BCUT2D eigenvalue weighted by Crippen LogP contribution is -2.45. The van der Waals surface area contributed by atoms with E-state index < -0.39 is 0 Å². The second kappa shape index (κ2) is 11.9. The highest BCUT2D eigenvalue weighted by atomic mass is 19.1. The van der Waals surface area contributed by atoms with E-state index in [0.717, 1.165) is 31.2 Å². The van der Waals surface area contributed by atoms with Gasteiger partial charge in [-0.25, -0.2) is 9.38 Å². The van der Waals surface area contributed by atoms with Gasteiger partial charge in [-0.2, -0.15) is 0 Å². The summed E-state index contributed by atoms with van der Waals surface area (Å²) in [5.41, 5.74) is 1.71. The number of nitrogens with zero attached hydrogens (tertiary/aromatic N) is 3. The van der Waals surface area contributed by atoms with E-state index in [1.54, 1.807) is 6.07 Å². The van der Waals surface area contributed by atoms with Crippen molar-refractivity contribution in [1.82, 2.24) is 20.4 Å². The maximum atomic E-state index is 13.9. The maximum Gasteiger partial charge on any atom is 0.191 e. The van der Waals surface area contributed by atoms with Crippen molar-refractivity contribution in [3.05, 3.63) is 35.1 Å². The number of rotatable bonds is 10. The Morgan fingerprint density at radius 1 is 1.11 bits per heavy atom. The minimum Gasteiger partial charge on any atom is -0.357 e. The van der Waals surface area contributed by atoms with Gasteiger partial charge in [-0.15, -0.1) is 0 Å². The third kappa shape index (κ3) is 8.71. The predicted octanol–water partition coefficient (Wildman–Crippen LogP) is 3.06. The quantitative estimate of drug-likeness (QED) is 0.484. The van der Waals surface area contributed by atoms with Crippen LogP contribution in [0.5, 0.6) is 0 Å². The molecule has 27 heavy (non-hydrogen) atoms. The van der Waals surface area contributed by atoms with Crippen LogP contribution < -0.4 is 10.6 Å². The van der Waals surface area contributed by atoms with Gasteiger partial charge >= 0.3 is 0 Å². The zero-order valence-corrected chi connectivity index (χ0v) is 18.1. The first-order chi connectivity index (χ1) is 12.7. The lowest BCUT2D eigenvalue weighted by molar-refractivity contribution is 0.178. The Bertz CT molecular complexity index is 576. The molecule has 0 amide bonds. The summed E-state index contributed by atoms with van der Waals surface area (Å²) >= 11 is 0. The van der Waals surface area contributed by atoms with Crippen LogP contribution in [0.4, 0.5) is 4.39 Å². The number of benzene rings is 1. The van der Waals surface area contributed by atoms with Crippen LogP contribution >= 0.6 is 0 Å². The minimum atomic E-state index is -0.163. The van der Waals surface area contributed by atoms with Crippen molar-refractivity contribution < 1.29 is 4.39 Å². The average Bonchev–Trinajstić information content (AvgIpc) is 2.57. The van der Waals surface area contributed by atoms with Crippen molar-refractivity contribution >= 4 is 5.96 Å². The van der Waals surface area contributed by atoms with Crippen molar-refractivity contribution in [1.29, 1.82) is 0 Å². The first-order valence-electron chi connectivity index (χ1n) is 9.94. The number of aliphatic imine (C=N–C) groups is 1. The maximum absolute atomic E-state index is 13.9. The summed E-state index contributed by atoms with van der Waals surface area (Å²) in [4.78, 5) is 9.07. The number of guanidine groups is 1. The molecule has 1 aromatic rings. The molecule has 0 heterocycles. The molecule has 0 bridgehead atoms. The molecular formula is C21H38FN5. The van der Waals surface area contributed by atoms with Gasteiger partial charge in [0, 0.05) is 43.8 Å². The second-order valence-corrected chi connectivity index (χ2v) is 7.71. The Hall–Kier alpha value is -1.66. The van der Waals surface area contributed by atoms with E-state index in [1.165, 1.54) is 6.07 Å². The molecular weight excluding hydrogens is 341 g/mol. The van der Waals surface area contributed by atoms with Crippen LogP contribution in [-0.2, 0) is 13.1 Å². The first kappa shape index (κ1) is 23.4. The molecule has 0 aromatic heterocycles. The summed E-state index contributed by atoms with van der Waals surface area (Å²) < 4.78 is 13.9. The molecule has 0 unspecified atom stereocenters. The molecule has 6 heteroatoms. The molecule has 0 radical (unpaired) electrons. The highest BCUT2D eigenvalue weighted by molar-refractivity contribution is 5.79. The van der Waals surface area contributed by atoms with Crippen LogP contribution in [0.3, 0.4) is 0 Å². The smallest absolute Gasteiger partial charge is 0.191 e. The van der Waals surface area contributed by atoms with E-state index in [-0.39, 0.29) is 5.82 Å². The van der Waals surface area contributed by atoms with Crippen molar-refractivity contribution in [2.45, 2.75) is 59.8 Å². The normalized spacial score (nSPS) is 12.5. The fourth-order valence-electron chi connectivity index (χ4n) is 3.12. The minimum absolute atomic E-state index is 0.163. The number of halogens is 1. The zero-order valence-electron chi connectivity index (χ0n) is 18.1. The summed E-state index contributed by atoms with van der Waals surface area (Å²) in [6, 6.07) is 6.27. The van der Waals surface area contributed by atoms with Gasteiger partial charge in [-0.05, 0) is 66.4 Å². The molecule has 2 N–H and O–H groups in total. The highest BCUT2D eigenvalue weighted by Crippen LogP contribution is 2.13. The second-order valence-electron chi connectivity index (χ2n) is 7.71. The Morgan fingerprint density at radius 3 is 2.33 bits per heavy atom. The molecule has 0 atom stereocenters. The van der Waals surface area contributed by atoms with Crippen LogP contribution in [0.15, 0.2) is 23.2 Å². The van der Waals surface area contributed by atoms with Gasteiger partial charge in [0.2, 0.25) is 0 Å². The van der Waals surface area contributed by atoms with E-state index in [4.69, 9.17) is 0 Å². The summed E-state index contributed by atoms with van der Waals surface area (Å²) in [6.07, 6.45) is 0. The van der Waals surface area contributed by atoms with Crippen LogP contribution in [0.2, 0.25) is 0 Å². The molecule has 5 nitrogen and oxygen atoms in total. The van der Waals surface area contributed by atoms with E-state index in [9.17, 15) is 4.39 Å². The summed E-state index contributed by atoms with van der Waals surface area (Å²) in [7, 11) is 3.88. The Labute approximate surface area is 165 Å². The van der Waals surface area contributed by atoms with E-state index in [2.05, 4.69) is 55.1 Å². The first-order valence-corrected chi connectivity index (χ1v) is 9.94. The van der Waals surface area contributed by atoms with Crippen molar-refractivity contribution in [2.75, 3.05) is 33.7 Å². The fraction of sp³-hybridized carbons (Fsp3) is 0.667. The highest BCUT2D eigenvalue weighted by Gasteiger charge is 2.12. The van der Waals surface area contributed by atoms with Gasteiger partial charge in [0.25, 0.3) is 0 Å². The van der Waals surface area contributed by atoms with Crippen LogP contribution in [-0.4, -0.2) is 61.6 Å². The summed E-state index contributed by atoms with van der Waals surface area (Å²) in [5, 5.41) is 6.69. The molecule has 0 saturated carbocycles. The average molecular weight is 380 g/mol. The van der Waals surface area contributed by atoms with Crippen molar-refractivity contribution in [2.24, 2.45) is 4.99 Å². The Balaban J connectivity index is 2.70. The van der Waals surface area contributed by atoms with Gasteiger partial charge in [0.1, 0.15) is 5.82 Å². The number of hydrogen-bond donors (Lipinski definition) is 2. The van der Waals surface area contributed by atoms with Gasteiger partial charge in [-0.1, -0.05) is 6.07 Å². The summed E-state index contributed by atoms with van der Waals surface area (Å²) in [5.74, 6) is 0.632. The lowest BCUT2D eigenvalue weighted by Gasteiger charge is -2.30. The van der Waals surface area contributed by atoms with Gasteiger partial charge < -0.3 is 15.5 Å². The largest absolute Gasteiger partial charge is 0.357 e. The van der Waals surface area contributed by atoms with Crippen LogP contribution in [0, 0.1) is 5.82 Å². The monoisotopic (exact) mass is 379 g/mol. The Morgan fingerprint density at radius 2 is 1.78 bits per heavy atom. The SMILES string of the molecule is CCNC(=NCc1ccc(F)c(CN(C)C)c1)NCCN(C(C)C)C(C)C. The molecule has 0 aliphatic heterocycles. The third-order valence-electron chi connectivity index (χ3n) is 4.35. The van der Waals surface area contributed by atoms with Gasteiger partial charge in [-0.3, -0.25) is 4.90 Å². The third-order valence-corrected chi connectivity index (χ3v) is 4.35. The molecule has 0 spiro atoms. The Kier molecular flexibility index (Phi) is 10.3. The number of hydrogen-bond acceptors (Lipinski definition) is 3. The molecule has 0 aliphatic rings. The molecule has 154 valence electrons. The van der Waals surface area contributed by atoms with Crippen molar-refractivity contribution in [3.8, 4) is 0 Å². The van der Waals surface area contributed by atoms with Gasteiger partial charge in [0.05, 0.1) is 6.54 Å². The fourth-order valence-corrected chi connectivity index (χ4v) is 3.12. The molecule has 1 aromatic carbocycles. The summed E-state index contributed by atoms with van der Waals surface area (Å²) in [6.45, 7) is 14.6. The van der Waals surface area contributed by atoms with E-state index >= 15 is 0 Å². The zero-order chi connectivity index (χ0) is 20.4. The molecule has 0 aliphatic carbocycles. The van der Waals surface area contributed by atoms with Crippen LogP contribution in [0.25, 0.3) is 0 Å². The predicted molar refractivity (Wildman–Crippen MR) is 114 cm³/mol. The molecule has 1 rings (SSSR count). The van der Waals surface area contributed by atoms with Crippen molar-refractivity contribution in [3.63, 3.8) is 0 Å². The van der Waals surface area contributed by atoms with Crippen LogP contribution in [0.1, 0.15) is 45.7 Å². The van der Waals surface area contributed by atoms with E-state index in [0.29, 0.717) is 30.7 Å². The molecule has 0 fully saturated rings. The lowest BCUT2D eigenvalue weighted by atomic mass is 10.1.